The average Bonchev–Trinajstić information content (AvgIpc) is 3.04. The van der Waals surface area contributed by atoms with Crippen molar-refractivity contribution in [1.82, 2.24) is 19.9 Å². The Morgan fingerprint density at radius 2 is 1.19 bits per heavy atom. The van der Waals surface area contributed by atoms with Crippen molar-refractivity contribution < 1.29 is 23.1 Å². The molecule has 6 rings (SSSR count). The second-order valence-electron chi connectivity index (χ2n) is 12.0. The summed E-state index contributed by atoms with van der Waals surface area (Å²) in [6, 6.07) is 9.31. The van der Waals surface area contributed by atoms with Gasteiger partial charge in [-0.1, -0.05) is 36.0 Å². The zero-order chi connectivity index (χ0) is 33.6. The van der Waals surface area contributed by atoms with Crippen LogP contribution in [0.25, 0.3) is 0 Å². The molecule has 0 amide bonds. The molecule has 0 bridgehead atoms. The highest BCUT2D eigenvalue weighted by molar-refractivity contribution is 6.30. The van der Waals surface area contributed by atoms with Gasteiger partial charge >= 0.3 is 5.97 Å². The summed E-state index contributed by atoms with van der Waals surface area (Å²) in [5, 5.41) is 1.05. The summed E-state index contributed by atoms with van der Waals surface area (Å²) in [7, 11) is 0. The van der Waals surface area contributed by atoms with Gasteiger partial charge in [-0.2, -0.15) is 0 Å². The standard InChI is InChI=1S/C18H18ClFN2O2.C17H17ClFN3O/c1-2-24-17(23)12-10-21-16(22-11-12)9-18(6-3-7-18)14-8-13(19)4-5-15(14)20;18-12-2-3-14(19)13(6-12)17(4-1-5-17)7-16-21-9-11(10-22-16)15(23)8-20/h4-5,8,10-11H,2-3,6-7,9H2,1H3;2-3,6,9-10H,1,4-5,7-8,20H2. The second-order valence-corrected chi connectivity index (χ2v) is 12.9. The van der Waals surface area contributed by atoms with E-state index in [1.165, 1.54) is 36.9 Å². The third-order valence-electron chi connectivity index (χ3n) is 9.04. The van der Waals surface area contributed by atoms with Crippen LogP contribution in [0.5, 0.6) is 0 Å². The Morgan fingerprint density at radius 3 is 1.55 bits per heavy atom. The Labute approximate surface area is 282 Å². The molecule has 246 valence electrons. The van der Waals surface area contributed by atoms with Crippen molar-refractivity contribution >= 4 is 35.0 Å². The molecule has 4 aromatic rings. The Bertz CT molecular complexity index is 1730. The number of benzene rings is 2. The highest BCUT2D eigenvalue weighted by atomic mass is 35.5. The molecular formula is C35H35Cl2F2N5O3. The van der Waals surface area contributed by atoms with Crippen LogP contribution < -0.4 is 5.73 Å². The minimum Gasteiger partial charge on any atom is -0.462 e. The molecule has 12 heteroatoms. The fourth-order valence-electron chi connectivity index (χ4n) is 6.18. The molecule has 0 saturated heterocycles. The molecule has 0 unspecified atom stereocenters. The summed E-state index contributed by atoms with van der Waals surface area (Å²) < 4.78 is 33.4. The van der Waals surface area contributed by atoms with Crippen LogP contribution in [-0.2, 0) is 28.4 Å². The molecule has 0 radical (unpaired) electrons. The molecule has 47 heavy (non-hydrogen) atoms. The SMILES string of the molecule is CCOC(=O)c1cnc(CC2(c3cc(Cl)ccc3F)CCC2)nc1.NCC(=O)c1cnc(CC2(c3cc(Cl)ccc3F)CCC2)nc1. The van der Waals surface area contributed by atoms with Crippen molar-refractivity contribution in [3.63, 3.8) is 0 Å². The summed E-state index contributed by atoms with van der Waals surface area (Å²) in [6.45, 7) is 1.98. The lowest BCUT2D eigenvalue weighted by Gasteiger charge is -2.42. The summed E-state index contributed by atoms with van der Waals surface area (Å²) in [5.74, 6) is 0.0464. The number of rotatable bonds is 10. The Balaban J connectivity index is 0.000000185. The first-order chi connectivity index (χ1) is 22.6. The molecule has 2 heterocycles. The number of ether oxygens (including phenoxy) is 1. The van der Waals surface area contributed by atoms with E-state index in [2.05, 4.69) is 19.9 Å². The van der Waals surface area contributed by atoms with E-state index in [0.29, 0.717) is 63.4 Å². The van der Waals surface area contributed by atoms with Gasteiger partial charge in [0.1, 0.15) is 23.3 Å². The smallest absolute Gasteiger partial charge is 0.341 e. The molecule has 2 aromatic carbocycles. The van der Waals surface area contributed by atoms with Gasteiger partial charge in [0, 0.05) is 58.5 Å². The van der Waals surface area contributed by atoms with Crippen LogP contribution >= 0.6 is 23.2 Å². The van der Waals surface area contributed by atoms with Gasteiger partial charge in [0.15, 0.2) is 5.78 Å². The first-order valence-corrected chi connectivity index (χ1v) is 16.3. The number of Topliss-reactive ketones (excluding diaryl/α,β-unsaturated/α-hetero) is 1. The topological polar surface area (TPSA) is 121 Å². The fraction of sp³-hybridized carbons (Fsp3) is 0.371. The average molecular weight is 683 g/mol. The number of hydrogen-bond donors (Lipinski definition) is 1. The van der Waals surface area contributed by atoms with Crippen molar-refractivity contribution in [3.05, 3.63) is 117 Å². The Morgan fingerprint density at radius 1 is 0.766 bits per heavy atom. The lowest BCUT2D eigenvalue weighted by Crippen LogP contribution is -2.38. The molecule has 0 atom stereocenters. The maximum atomic E-state index is 14.3. The van der Waals surface area contributed by atoms with Gasteiger partial charge in [-0.15, -0.1) is 0 Å². The van der Waals surface area contributed by atoms with Crippen LogP contribution in [0.4, 0.5) is 8.78 Å². The number of halogens is 4. The predicted octanol–water partition coefficient (Wildman–Crippen LogP) is 7.19. The minimum absolute atomic E-state index is 0.0691. The van der Waals surface area contributed by atoms with Gasteiger partial charge in [-0.05, 0) is 80.1 Å². The van der Waals surface area contributed by atoms with E-state index < -0.39 is 5.97 Å². The van der Waals surface area contributed by atoms with Crippen molar-refractivity contribution in [2.45, 2.75) is 69.1 Å². The van der Waals surface area contributed by atoms with Gasteiger partial charge in [-0.25, -0.2) is 33.5 Å². The van der Waals surface area contributed by atoms with E-state index in [1.807, 2.05) is 0 Å². The highest BCUT2D eigenvalue weighted by Crippen LogP contribution is 2.48. The normalized spacial score (nSPS) is 15.8. The van der Waals surface area contributed by atoms with E-state index in [9.17, 15) is 18.4 Å². The summed E-state index contributed by atoms with van der Waals surface area (Å²) in [5.41, 5.74) is 6.66. The molecular weight excluding hydrogens is 647 g/mol. The Hall–Kier alpha value is -3.86. The monoisotopic (exact) mass is 681 g/mol. The van der Waals surface area contributed by atoms with Gasteiger partial charge < -0.3 is 10.5 Å². The first kappa shape index (κ1) is 34.5. The van der Waals surface area contributed by atoms with Crippen LogP contribution in [0.1, 0.15) is 88.9 Å². The molecule has 2 fully saturated rings. The number of nitrogens with two attached hydrogens (primary N) is 1. The summed E-state index contributed by atoms with van der Waals surface area (Å²) in [6.07, 6.45) is 12.5. The maximum Gasteiger partial charge on any atom is 0.341 e. The molecule has 0 spiro atoms. The third kappa shape index (κ3) is 7.83. The van der Waals surface area contributed by atoms with E-state index in [4.69, 9.17) is 33.7 Å². The van der Waals surface area contributed by atoms with E-state index in [-0.39, 0.29) is 34.8 Å². The number of esters is 1. The van der Waals surface area contributed by atoms with E-state index >= 15 is 0 Å². The zero-order valence-corrected chi connectivity index (χ0v) is 27.5. The van der Waals surface area contributed by atoms with Crippen LogP contribution in [0.3, 0.4) is 0 Å². The molecule has 2 aliphatic rings. The van der Waals surface area contributed by atoms with Gasteiger partial charge in [0.2, 0.25) is 0 Å². The number of ketones is 1. The van der Waals surface area contributed by atoms with Crippen molar-refractivity contribution in [1.29, 1.82) is 0 Å². The fourth-order valence-corrected chi connectivity index (χ4v) is 6.52. The van der Waals surface area contributed by atoms with E-state index in [1.54, 1.807) is 31.2 Å². The number of nitrogens with zero attached hydrogens (tertiary/aromatic N) is 4. The summed E-state index contributed by atoms with van der Waals surface area (Å²) in [4.78, 5) is 40.2. The third-order valence-corrected chi connectivity index (χ3v) is 9.51. The van der Waals surface area contributed by atoms with Gasteiger partial charge in [-0.3, -0.25) is 4.79 Å². The molecule has 8 nitrogen and oxygen atoms in total. The first-order valence-electron chi connectivity index (χ1n) is 15.5. The Kier molecular flexibility index (Phi) is 10.9. The van der Waals surface area contributed by atoms with Crippen molar-refractivity contribution in [3.8, 4) is 0 Å². The number of hydrogen-bond acceptors (Lipinski definition) is 8. The van der Waals surface area contributed by atoms with Crippen LogP contribution in [-0.4, -0.2) is 44.8 Å². The largest absolute Gasteiger partial charge is 0.462 e. The van der Waals surface area contributed by atoms with Crippen molar-refractivity contribution in [2.24, 2.45) is 5.73 Å². The quantitative estimate of drug-likeness (QED) is 0.138. The maximum absolute atomic E-state index is 14.3. The lowest BCUT2D eigenvalue weighted by atomic mass is 9.62. The van der Waals surface area contributed by atoms with Crippen molar-refractivity contribution in [2.75, 3.05) is 13.2 Å². The van der Waals surface area contributed by atoms with Crippen LogP contribution in [0, 0.1) is 11.6 Å². The number of aromatic nitrogens is 4. The number of carbonyl (C=O) groups is 2. The minimum atomic E-state index is -0.441. The second kappa shape index (κ2) is 14.9. The van der Waals surface area contributed by atoms with Crippen LogP contribution in [0.15, 0.2) is 61.2 Å². The van der Waals surface area contributed by atoms with Gasteiger partial charge in [0.25, 0.3) is 0 Å². The summed E-state index contributed by atoms with van der Waals surface area (Å²) >= 11 is 12.1. The molecule has 0 aliphatic heterocycles. The molecule has 2 saturated carbocycles. The van der Waals surface area contributed by atoms with Crippen LogP contribution in [0.2, 0.25) is 10.0 Å². The molecule has 2 aliphatic carbocycles. The highest BCUT2D eigenvalue weighted by Gasteiger charge is 2.42. The van der Waals surface area contributed by atoms with E-state index in [0.717, 1.165) is 38.5 Å². The predicted molar refractivity (Wildman–Crippen MR) is 175 cm³/mol. The van der Waals surface area contributed by atoms with Gasteiger partial charge in [0.05, 0.1) is 24.3 Å². The zero-order valence-electron chi connectivity index (χ0n) is 25.9. The lowest BCUT2D eigenvalue weighted by molar-refractivity contribution is 0.0525. The number of carbonyl (C=O) groups excluding carboxylic acids is 2. The molecule has 2 N–H and O–H groups in total. The molecule has 2 aromatic heterocycles.